The fourth-order valence-electron chi connectivity index (χ4n) is 5.72. The molecule has 2 bridgehead atoms. The van der Waals surface area contributed by atoms with Crippen LogP contribution in [0, 0.1) is 29.4 Å². The summed E-state index contributed by atoms with van der Waals surface area (Å²) in [7, 11) is 1.78. The molecule has 7 nitrogen and oxygen atoms in total. The van der Waals surface area contributed by atoms with Crippen LogP contribution in [0.2, 0.25) is 0 Å². The second-order valence-corrected chi connectivity index (χ2v) is 9.42. The SMILES string of the molecule is CC1C2CCC(CC2)C1Nc1nc(-c2c[nH]c3ncc(F)cc23)nc(-c2cnn(C)c2)c1F. The Balaban J connectivity index is 1.49. The average molecular weight is 450 g/mol. The van der Waals surface area contributed by atoms with Crippen molar-refractivity contribution in [1.29, 1.82) is 0 Å². The highest BCUT2D eigenvalue weighted by Gasteiger charge is 2.41. The topological polar surface area (TPSA) is 84.3 Å². The molecular formula is C24H25F2N7. The molecule has 3 aliphatic rings. The van der Waals surface area contributed by atoms with E-state index in [1.165, 1.54) is 18.9 Å². The second-order valence-electron chi connectivity index (χ2n) is 9.42. The van der Waals surface area contributed by atoms with E-state index in [4.69, 9.17) is 0 Å². The standard InChI is InChI=1S/C24H25F2N7/c1-12-13-3-5-14(6-4-13)20(12)30-24-19(26)21(15-8-29-33(2)11-15)31-23(32-24)18-10-28-22-17(18)7-16(25)9-27-22/h7-14,20H,3-6H2,1-2H3,(H,27,28)(H,30,31,32). The quantitative estimate of drug-likeness (QED) is 0.461. The van der Waals surface area contributed by atoms with E-state index in [9.17, 15) is 4.39 Å². The molecule has 9 heteroatoms. The highest BCUT2D eigenvalue weighted by molar-refractivity contribution is 5.92. The van der Waals surface area contributed by atoms with Crippen LogP contribution in [0.5, 0.6) is 0 Å². The maximum Gasteiger partial charge on any atom is 0.191 e. The van der Waals surface area contributed by atoms with Gasteiger partial charge in [-0.05, 0) is 49.5 Å². The van der Waals surface area contributed by atoms with Crippen LogP contribution in [0.4, 0.5) is 14.6 Å². The first kappa shape index (κ1) is 20.3. The van der Waals surface area contributed by atoms with Crippen molar-refractivity contribution in [3.8, 4) is 22.6 Å². The van der Waals surface area contributed by atoms with Crippen LogP contribution >= 0.6 is 0 Å². The Morgan fingerprint density at radius 1 is 1.09 bits per heavy atom. The Bertz CT molecular complexity index is 1330. The summed E-state index contributed by atoms with van der Waals surface area (Å²) in [5, 5.41) is 8.19. The molecule has 0 radical (unpaired) electrons. The fraction of sp³-hybridized carbons (Fsp3) is 0.417. The number of hydrogen-bond donors (Lipinski definition) is 2. The van der Waals surface area contributed by atoms with Crippen LogP contribution in [0.1, 0.15) is 32.6 Å². The first-order valence-corrected chi connectivity index (χ1v) is 11.4. The van der Waals surface area contributed by atoms with Gasteiger partial charge in [0.2, 0.25) is 0 Å². The number of hydrogen-bond acceptors (Lipinski definition) is 5. The van der Waals surface area contributed by atoms with Gasteiger partial charge in [0.05, 0.1) is 12.4 Å². The van der Waals surface area contributed by atoms with Crippen molar-refractivity contribution in [3.05, 3.63) is 42.5 Å². The third-order valence-electron chi connectivity index (χ3n) is 7.51. The summed E-state index contributed by atoms with van der Waals surface area (Å²) in [5.74, 6) is 1.16. The van der Waals surface area contributed by atoms with Gasteiger partial charge < -0.3 is 10.3 Å². The Kier molecular flexibility index (Phi) is 4.67. The summed E-state index contributed by atoms with van der Waals surface area (Å²) in [6.45, 7) is 2.25. The lowest BCUT2D eigenvalue weighted by molar-refractivity contribution is 0.0926. The molecule has 4 heterocycles. The number of aromatic amines is 1. The van der Waals surface area contributed by atoms with Crippen LogP contribution in [0.25, 0.3) is 33.7 Å². The minimum absolute atomic E-state index is 0.165. The van der Waals surface area contributed by atoms with Crippen molar-refractivity contribution in [3.63, 3.8) is 0 Å². The number of halogens is 2. The maximum absolute atomic E-state index is 15.8. The van der Waals surface area contributed by atoms with Gasteiger partial charge in [-0.3, -0.25) is 4.68 Å². The molecule has 4 aromatic heterocycles. The number of nitrogens with zero attached hydrogens (tertiary/aromatic N) is 5. The number of aromatic nitrogens is 6. The van der Waals surface area contributed by atoms with Crippen molar-refractivity contribution < 1.29 is 8.78 Å². The lowest BCUT2D eigenvalue weighted by Crippen LogP contribution is -2.47. The average Bonchev–Trinajstić information content (AvgIpc) is 3.43. The van der Waals surface area contributed by atoms with Crippen LogP contribution in [-0.4, -0.2) is 35.8 Å². The Hall–Kier alpha value is -3.36. The minimum Gasteiger partial charge on any atom is -0.364 e. The van der Waals surface area contributed by atoms with Gasteiger partial charge in [-0.25, -0.2) is 23.7 Å². The van der Waals surface area contributed by atoms with Gasteiger partial charge in [0.25, 0.3) is 0 Å². The van der Waals surface area contributed by atoms with Crippen molar-refractivity contribution in [2.75, 3.05) is 5.32 Å². The van der Waals surface area contributed by atoms with Crippen LogP contribution in [0.15, 0.2) is 30.9 Å². The van der Waals surface area contributed by atoms with Crippen LogP contribution in [0.3, 0.4) is 0 Å². The zero-order chi connectivity index (χ0) is 22.7. The number of pyridine rings is 1. The van der Waals surface area contributed by atoms with Crippen molar-refractivity contribution in [2.24, 2.45) is 24.8 Å². The van der Waals surface area contributed by atoms with E-state index >= 15 is 4.39 Å². The van der Waals surface area contributed by atoms with Crippen molar-refractivity contribution in [2.45, 2.75) is 38.6 Å². The predicted octanol–water partition coefficient (Wildman–Crippen LogP) is 4.94. The Morgan fingerprint density at radius 2 is 1.88 bits per heavy atom. The van der Waals surface area contributed by atoms with Crippen molar-refractivity contribution >= 4 is 16.9 Å². The molecule has 3 aliphatic carbocycles. The van der Waals surface area contributed by atoms with E-state index in [0.29, 0.717) is 45.7 Å². The van der Waals surface area contributed by atoms with Gasteiger partial charge in [-0.1, -0.05) is 6.92 Å². The largest absolute Gasteiger partial charge is 0.364 e. The molecule has 7 rings (SSSR count). The molecule has 170 valence electrons. The molecule has 33 heavy (non-hydrogen) atoms. The molecule has 0 saturated heterocycles. The first-order valence-electron chi connectivity index (χ1n) is 11.4. The van der Waals surface area contributed by atoms with Crippen molar-refractivity contribution in [1.82, 2.24) is 29.7 Å². The molecule has 0 spiro atoms. The lowest BCUT2D eigenvalue weighted by atomic mass is 9.62. The predicted molar refractivity (Wildman–Crippen MR) is 121 cm³/mol. The third kappa shape index (κ3) is 3.37. The number of H-pyrrole nitrogens is 1. The molecular weight excluding hydrogens is 424 g/mol. The summed E-state index contributed by atoms with van der Waals surface area (Å²) in [5.41, 5.74) is 1.82. The van der Waals surface area contributed by atoms with E-state index in [1.807, 2.05) is 0 Å². The molecule has 2 atom stereocenters. The van der Waals surface area contributed by atoms with Gasteiger partial charge in [0.15, 0.2) is 17.5 Å². The molecule has 4 aromatic rings. The van der Waals surface area contributed by atoms with E-state index in [-0.39, 0.29) is 17.6 Å². The molecule has 3 fully saturated rings. The molecule has 0 aliphatic heterocycles. The number of rotatable bonds is 4. The van der Waals surface area contributed by atoms with E-state index in [2.05, 4.69) is 37.3 Å². The van der Waals surface area contributed by atoms with E-state index < -0.39 is 11.6 Å². The lowest BCUT2D eigenvalue weighted by Gasteiger charge is -2.47. The monoisotopic (exact) mass is 449 g/mol. The summed E-state index contributed by atoms with van der Waals surface area (Å²) in [6.07, 6.45) is 11.0. The third-order valence-corrected chi connectivity index (χ3v) is 7.51. The van der Waals surface area contributed by atoms with E-state index in [0.717, 1.165) is 19.0 Å². The van der Waals surface area contributed by atoms with Crippen LogP contribution < -0.4 is 5.32 Å². The molecule has 3 saturated carbocycles. The summed E-state index contributed by atoms with van der Waals surface area (Å²) < 4.78 is 31.3. The molecule has 2 N–H and O–H groups in total. The van der Waals surface area contributed by atoms with Crippen LogP contribution in [-0.2, 0) is 7.05 Å². The highest BCUT2D eigenvalue weighted by atomic mass is 19.1. The minimum atomic E-state index is -0.496. The normalized spacial score (nSPS) is 24.5. The smallest absolute Gasteiger partial charge is 0.191 e. The number of fused-ring (bicyclic) bond motifs is 4. The summed E-state index contributed by atoms with van der Waals surface area (Å²) in [6, 6.07) is 1.55. The molecule has 0 aromatic carbocycles. The fourth-order valence-corrected chi connectivity index (χ4v) is 5.72. The number of anilines is 1. The molecule has 0 amide bonds. The zero-order valence-electron chi connectivity index (χ0n) is 18.5. The van der Waals surface area contributed by atoms with Gasteiger partial charge in [0.1, 0.15) is 17.2 Å². The second kappa shape index (κ2) is 7.60. The Morgan fingerprint density at radius 3 is 2.61 bits per heavy atom. The first-order chi connectivity index (χ1) is 16.0. The number of aryl methyl sites for hydroxylation is 1. The molecule has 2 unspecified atom stereocenters. The summed E-state index contributed by atoms with van der Waals surface area (Å²) in [4.78, 5) is 16.3. The maximum atomic E-state index is 15.8. The van der Waals surface area contributed by atoms with Gasteiger partial charge in [-0.2, -0.15) is 5.10 Å². The van der Waals surface area contributed by atoms with Gasteiger partial charge in [0, 0.05) is 42.0 Å². The van der Waals surface area contributed by atoms with Gasteiger partial charge >= 0.3 is 0 Å². The zero-order valence-corrected chi connectivity index (χ0v) is 18.5. The Labute approximate surface area is 189 Å². The van der Waals surface area contributed by atoms with Gasteiger partial charge in [-0.15, -0.1) is 0 Å². The highest BCUT2D eigenvalue weighted by Crippen LogP contribution is 2.46. The van der Waals surface area contributed by atoms with E-state index in [1.54, 1.807) is 30.3 Å². The number of nitrogens with one attached hydrogen (secondary N) is 2. The summed E-state index contributed by atoms with van der Waals surface area (Å²) >= 11 is 0.